The molecule has 1 N–H and O–H groups in total. The van der Waals surface area contributed by atoms with Crippen molar-refractivity contribution in [2.24, 2.45) is 5.92 Å². The lowest BCUT2D eigenvalue weighted by Gasteiger charge is -2.25. The number of alkyl halides is 3. The lowest BCUT2D eigenvalue weighted by atomic mass is 10.0. The average molecular weight is 309 g/mol. The van der Waals surface area contributed by atoms with Crippen molar-refractivity contribution in [2.45, 2.75) is 25.4 Å². The van der Waals surface area contributed by atoms with Crippen LogP contribution in [-0.4, -0.2) is 68.1 Å². The fourth-order valence-corrected chi connectivity index (χ4v) is 2.20. The molecular formula is C13H22F3N3O2. The van der Waals surface area contributed by atoms with Crippen LogP contribution in [0.5, 0.6) is 0 Å². The molecule has 1 unspecified atom stereocenters. The SMILES string of the molecule is CN(C)C(=O)CN(CC(F)(F)F)C(=O)CCC1CCNC1. The molecule has 1 aliphatic heterocycles. The van der Waals surface area contributed by atoms with Crippen molar-refractivity contribution in [1.29, 1.82) is 0 Å². The van der Waals surface area contributed by atoms with E-state index in [1.54, 1.807) is 0 Å². The highest BCUT2D eigenvalue weighted by molar-refractivity contribution is 5.84. The van der Waals surface area contributed by atoms with Crippen LogP contribution in [-0.2, 0) is 9.59 Å². The van der Waals surface area contributed by atoms with E-state index < -0.39 is 31.1 Å². The number of halogens is 3. The van der Waals surface area contributed by atoms with E-state index >= 15 is 0 Å². The molecule has 8 heteroatoms. The lowest BCUT2D eigenvalue weighted by molar-refractivity contribution is -0.164. The van der Waals surface area contributed by atoms with E-state index in [1.165, 1.54) is 19.0 Å². The third-order valence-electron chi connectivity index (χ3n) is 3.48. The Morgan fingerprint density at radius 3 is 2.38 bits per heavy atom. The minimum Gasteiger partial charge on any atom is -0.347 e. The summed E-state index contributed by atoms with van der Waals surface area (Å²) in [5, 5.41) is 3.14. The van der Waals surface area contributed by atoms with Crippen molar-refractivity contribution in [1.82, 2.24) is 15.1 Å². The van der Waals surface area contributed by atoms with Crippen LogP contribution in [0.3, 0.4) is 0 Å². The predicted octanol–water partition coefficient (Wildman–Crippen LogP) is 0.855. The van der Waals surface area contributed by atoms with Gasteiger partial charge in [0.15, 0.2) is 0 Å². The van der Waals surface area contributed by atoms with Crippen molar-refractivity contribution in [2.75, 3.05) is 40.3 Å². The molecule has 1 rings (SSSR count). The Balaban J connectivity index is 2.56. The van der Waals surface area contributed by atoms with Crippen molar-refractivity contribution >= 4 is 11.8 Å². The van der Waals surface area contributed by atoms with Crippen molar-refractivity contribution in [3.05, 3.63) is 0 Å². The van der Waals surface area contributed by atoms with Crippen LogP contribution < -0.4 is 5.32 Å². The minimum absolute atomic E-state index is 0.0448. The van der Waals surface area contributed by atoms with Gasteiger partial charge in [-0.15, -0.1) is 0 Å². The van der Waals surface area contributed by atoms with Crippen LogP contribution in [0.1, 0.15) is 19.3 Å². The zero-order chi connectivity index (χ0) is 16.0. The van der Waals surface area contributed by atoms with E-state index in [2.05, 4.69) is 5.32 Å². The number of hydrogen-bond donors (Lipinski definition) is 1. The highest BCUT2D eigenvalue weighted by Crippen LogP contribution is 2.19. The van der Waals surface area contributed by atoms with E-state index in [9.17, 15) is 22.8 Å². The first kappa shape index (κ1) is 17.7. The molecule has 0 bridgehead atoms. The van der Waals surface area contributed by atoms with Gasteiger partial charge < -0.3 is 15.1 Å². The van der Waals surface area contributed by atoms with Crippen LogP contribution in [0.4, 0.5) is 13.2 Å². The Morgan fingerprint density at radius 1 is 1.24 bits per heavy atom. The van der Waals surface area contributed by atoms with E-state index in [0.717, 1.165) is 19.5 Å². The highest BCUT2D eigenvalue weighted by atomic mass is 19.4. The lowest BCUT2D eigenvalue weighted by Crippen LogP contribution is -2.44. The second-order valence-corrected chi connectivity index (χ2v) is 5.55. The average Bonchev–Trinajstić information content (AvgIpc) is 2.86. The molecule has 1 heterocycles. The maximum absolute atomic E-state index is 12.5. The second-order valence-electron chi connectivity index (χ2n) is 5.55. The first-order valence-corrected chi connectivity index (χ1v) is 6.94. The van der Waals surface area contributed by atoms with Gasteiger partial charge in [0, 0.05) is 20.5 Å². The van der Waals surface area contributed by atoms with Crippen molar-refractivity contribution < 1.29 is 22.8 Å². The number of carbonyl (C=O) groups is 2. The van der Waals surface area contributed by atoms with Gasteiger partial charge in [0.05, 0.1) is 0 Å². The number of amides is 2. The third kappa shape index (κ3) is 6.79. The Morgan fingerprint density at radius 2 is 1.90 bits per heavy atom. The van der Waals surface area contributed by atoms with Crippen LogP contribution in [0.15, 0.2) is 0 Å². The first-order chi connectivity index (χ1) is 9.69. The zero-order valence-corrected chi connectivity index (χ0v) is 12.4. The summed E-state index contributed by atoms with van der Waals surface area (Å²) >= 11 is 0. The van der Waals surface area contributed by atoms with E-state index in [-0.39, 0.29) is 6.42 Å². The van der Waals surface area contributed by atoms with Gasteiger partial charge in [-0.3, -0.25) is 9.59 Å². The summed E-state index contributed by atoms with van der Waals surface area (Å²) in [6.07, 6.45) is -2.97. The van der Waals surface area contributed by atoms with Crippen LogP contribution in [0.25, 0.3) is 0 Å². The molecule has 21 heavy (non-hydrogen) atoms. The summed E-state index contributed by atoms with van der Waals surface area (Å²) in [6, 6.07) is 0. The number of rotatable bonds is 6. The number of hydrogen-bond acceptors (Lipinski definition) is 3. The quantitative estimate of drug-likeness (QED) is 0.791. The third-order valence-corrected chi connectivity index (χ3v) is 3.48. The summed E-state index contributed by atoms with van der Waals surface area (Å²) in [6.45, 7) is -0.240. The number of likely N-dealkylation sites (N-methyl/N-ethyl adjacent to an activating group) is 1. The number of carbonyl (C=O) groups excluding carboxylic acids is 2. The standard InChI is InChI=1S/C13H22F3N3O2/c1-18(2)12(21)8-19(9-13(14,15)16)11(20)4-3-10-5-6-17-7-10/h10,17H,3-9H2,1-2H3. The Bertz CT molecular complexity index is 366. The van der Waals surface area contributed by atoms with Crippen LogP contribution in [0, 0.1) is 5.92 Å². The summed E-state index contributed by atoms with van der Waals surface area (Å²) < 4.78 is 37.6. The topological polar surface area (TPSA) is 52.7 Å². The van der Waals surface area contributed by atoms with Crippen LogP contribution >= 0.6 is 0 Å². The van der Waals surface area contributed by atoms with Gasteiger partial charge in [-0.1, -0.05) is 0 Å². The molecule has 0 aromatic rings. The molecule has 1 atom stereocenters. The molecule has 122 valence electrons. The maximum atomic E-state index is 12.5. The van der Waals surface area contributed by atoms with E-state index in [4.69, 9.17) is 0 Å². The smallest absolute Gasteiger partial charge is 0.347 e. The van der Waals surface area contributed by atoms with Gasteiger partial charge in [0.1, 0.15) is 13.1 Å². The normalized spacial score (nSPS) is 18.6. The molecule has 1 aliphatic rings. The molecule has 0 saturated carbocycles. The number of nitrogens with zero attached hydrogens (tertiary/aromatic N) is 2. The molecule has 5 nitrogen and oxygen atoms in total. The highest BCUT2D eigenvalue weighted by Gasteiger charge is 2.34. The van der Waals surface area contributed by atoms with Gasteiger partial charge in [-0.25, -0.2) is 0 Å². The summed E-state index contributed by atoms with van der Waals surface area (Å²) in [7, 11) is 2.89. The molecule has 1 fully saturated rings. The monoisotopic (exact) mass is 309 g/mol. The second kappa shape index (κ2) is 7.63. The van der Waals surface area contributed by atoms with Gasteiger partial charge in [0.25, 0.3) is 0 Å². The van der Waals surface area contributed by atoms with Crippen molar-refractivity contribution in [3.63, 3.8) is 0 Å². The predicted molar refractivity (Wildman–Crippen MR) is 71.5 cm³/mol. The number of nitrogens with one attached hydrogen (secondary N) is 1. The molecule has 0 radical (unpaired) electrons. The molecular weight excluding hydrogens is 287 g/mol. The molecule has 1 saturated heterocycles. The Kier molecular flexibility index (Phi) is 6.44. The van der Waals surface area contributed by atoms with Gasteiger partial charge in [-0.05, 0) is 31.8 Å². The largest absolute Gasteiger partial charge is 0.406 e. The summed E-state index contributed by atoms with van der Waals surface area (Å²) in [5.74, 6) is -0.809. The van der Waals surface area contributed by atoms with E-state index in [0.29, 0.717) is 17.2 Å². The summed E-state index contributed by atoms with van der Waals surface area (Å²) in [4.78, 5) is 25.3. The van der Waals surface area contributed by atoms with Gasteiger partial charge in [-0.2, -0.15) is 13.2 Å². The minimum atomic E-state index is -4.50. The maximum Gasteiger partial charge on any atom is 0.406 e. The Hall–Kier alpha value is -1.31. The molecule has 0 aromatic carbocycles. The van der Waals surface area contributed by atoms with Gasteiger partial charge in [0.2, 0.25) is 11.8 Å². The fraction of sp³-hybridized carbons (Fsp3) is 0.846. The molecule has 0 aliphatic carbocycles. The fourth-order valence-electron chi connectivity index (χ4n) is 2.20. The summed E-state index contributed by atoms with van der Waals surface area (Å²) in [5.41, 5.74) is 0. The van der Waals surface area contributed by atoms with Gasteiger partial charge >= 0.3 is 6.18 Å². The molecule has 0 spiro atoms. The molecule has 2 amide bonds. The van der Waals surface area contributed by atoms with Crippen molar-refractivity contribution in [3.8, 4) is 0 Å². The Labute approximate surface area is 122 Å². The van der Waals surface area contributed by atoms with E-state index in [1.807, 2.05) is 0 Å². The first-order valence-electron chi connectivity index (χ1n) is 6.94. The zero-order valence-electron chi connectivity index (χ0n) is 12.4. The molecule has 0 aromatic heterocycles. The van der Waals surface area contributed by atoms with Crippen LogP contribution in [0.2, 0.25) is 0 Å².